The molecule has 0 fully saturated rings. The molecule has 2 rings (SSSR count). The van der Waals surface area contributed by atoms with Gasteiger partial charge < -0.3 is 10.5 Å². The van der Waals surface area contributed by atoms with Crippen LogP contribution < -0.4 is 10.5 Å². The number of nitrogen functional groups attached to an aromatic ring is 1. The fourth-order valence-corrected chi connectivity index (χ4v) is 1.78. The van der Waals surface area contributed by atoms with Crippen molar-refractivity contribution in [3.63, 3.8) is 0 Å². The van der Waals surface area contributed by atoms with E-state index in [0.717, 1.165) is 5.56 Å². The molecule has 0 radical (unpaired) electrons. The van der Waals surface area contributed by atoms with E-state index in [2.05, 4.69) is 0 Å². The van der Waals surface area contributed by atoms with Gasteiger partial charge in [-0.05, 0) is 25.1 Å². The third-order valence-electron chi connectivity index (χ3n) is 2.68. The molecule has 2 nitrogen and oxygen atoms in total. The lowest BCUT2D eigenvalue weighted by Crippen LogP contribution is -1.95. The molecule has 0 aliphatic carbocycles. The molecule has 0 heterocycles. The molecule has 3 heteroatoms. The highest BCUT2D eigenvalue weighted by Crippen LogP contribution is 2.32. The Kier molecular flexibility index (Phi) is 3.00. The summed E-state index contributed by atoms with van der Waals surface area (Å²) in [5.74, 6) is -0.157. The van der Waals surface area contributed by atoms with Gasteiger partial charge in [-0.15, -0.1) is 0 Å². The average molecular weight is 231 g/mol. The first-order chi connectivity index (χ1) is 8.13. The molecule has 2 aromatic rings. The van der Waals surface area contributed by atoms with Gasteiger partial charge in [0.2, 0.25) is 0 Å². The molecule has 0 unspecified atom stereocenters. The van der Waals surface area contributed by atoms with Crippen molar-refractivity contribution in [2.45, 2.75) is 6.92 Å². The second-order valence-corrected chi connectivity index (χ2v) is 3.91. The summed E-state index contributed by atoms with van der Waals surface area (Å²) >= 11 is 0. The van der Waals surface area contributed by atoms with Crippen LogP contribution in [0.15, 0.2) is 36.4 Å². The number of halogens is 1. The molecule has 2 N–H and O–H groups in total. The number of hydrogen-bond acceptors (Lipinski definition) is 2. The van der Waals surface area contributed by atoms with Crippen LogP contribution in [0.5, 0.6) is 5.75 Å². The summed E-state index contributed by atoms with van der Waals surface area (Å²) in [7, 11) is 1.45. The highest BCUT2D eigenvalue weighted by molar-refractivity contribution is 5.78. The number of aryl methyl sites for hydroxylation is 1. The van der Waals surface area contributed by atoms with Crippen molar-refractivity contribution >= 4 is 5.69 Å². The molecular formula is C14H14FNO. The normalized spacial score (nSPS) is 10.3. The topological polar surface area (TPSA) is 35.2 Å². The van der Waals surface area contributed by atoms with Crippen molar-refractivity contribution in [3.8, 4) is 16.9 Å². The van der Waals surface area contributed by atoms with Crippen LogP contribution in [0, 0.1) is 12.7 Å². The summed E-state index contributed by atoms with van der Waals surface area (Å²) in [6.07, 6.45) is 0. The van der Waals surface area contributed by atoms with Crippen molar-refractivity contribution in [2.24, 2.45) is 0 Å². The average Bonchev–Trinajstić information content (AvgIpc) is 2.33. The minimum absolute atomic E-state index is 0.225. The van der Waals surface area contributed by atoms with Crippen molar-refractivity contribution in [3.05, 3.63) is 47.8 Å². The van der Waals surface area contributed by atoms with E-state index < -0.39 is 0 Å². The maximum Gasteiger partial charge on any atom is 0.172 e. The van der Waals surface area contributed by atoms with E-state index in [1.165, 1.54) is 7.11 Å². The summed E-state index contributed by atoms with van der Waals surface area (Å²) in [5.41, 5.74) is 8.63. The minimum Gasteiger partial charge on any atom is -0.494 e. The number of ether oxygens (including phenoxy) is 1. The van der Waals surface area contributed by atoms with E-state index >= 15 is 0 Å². The lowest BCUT2D eigenvalue weighted by Gasteiger charge is -2.10. The number of methoxy groups -OCH3 is 1. The van der Waals surface area contributed by atoms with Gasteiger partial charge in [0.25, 0.3) is 0 Å². The molecule has 0 atom stereocenters. The fourth-order valence-electron chi connectivity index (χ4n) is 1.78. The van der Waals surface area contributed by atoms with Crippen molar-refractivity contribution < 1.29 is 9.13 Å². The van der Waals surface area contributed by atoms with Gasteiger partial charge in [-0.1, -0.05) is 23.8 Å². The van der Waals surface area contributed by atoms with Crippen LogP contribution in [-0.4, -0.2) is 7.11 Å². The largest absolute Gasteiger partial charge is 0.494 e. The second-order valence-electron chi connectivity index (χ2n) is 3.91. The Balaban J connectivity index is 2.64. The third-order valence-corrected chi connectivity index (χ3v) is 2.68. The molecule has 0 saturated carbocycles. The molecule has 0 aliphatic rings. The SMILES string of the molecule is COc1cccc(-c2cc(C)ccc2N)c1F. The Morgan fingerprint density at radius 1 is 1.12 bits per heavy atom. The molecule has 0 saturated heterocycles. The van der Waals surface area contributed by atoms with Crippen LogP contribution in [0.3, 0.4) is 0 Å². The van der Waals surface area contributed by atoms with Crippen LogP contribution in [0.4, 0.5) is 10.1 Å². The zero-order chi connectivity index (χ0) is 12.4. The van der Waals surface area contributed by atoms with E-state index in [0.29, 0.717) is 16.8 Å². The molecule has 0 aliphatic heterocycles. The van der Waals surface area contributed by atoms with Crippen LogP contribution in [0.25, 0.3) is 11.1 Å². The molecule has 2 aromatic carbocycles. The number of hydrogen-bond donors (Lipinski definition) is 1. The summed E-state index contributed by atoms with van der Waals surface area (Å²) in [4.78, 5) is 0. The molecule has 0 spiro atoms. The van der Waals surface area contributed by atoms with E-state index in [4.69, 9.17) is 10.5 Å². The lowest BCUT2D eigenvalue weighted by atomic mass is 10.0. The van der Waals surface area contributed by atoms with Crippen LogP contribution in [0.2, 0.25) is 0 Å². The van der Waals surface area contributed by atoms with Crippen molar-refractivity contribution in [1.82, 2.24) is 0 Å². The maximum absolute atomic E-state index is 14.1. The lowest BCUT2D eigenvalue weighted by molar-refractivity contribution is 0.387. The maximum atomic E-state index is 14.1. The number of benzene rings is 2. The van der Waals surface area contributed by atoms with E-state index in [1.54, 1.807) is 24.3 Å². The van der Waals surface area contributed by atoms with Gasteiger partial charge in [-0.3, -0.25) is 0 Å². The Morgan fingerprint density at radius 3 is 2.59 bits per heavy atom. The van der Waals surface area contributed by atoms with Crippen LogP contribution >= 0.6 is 0 Å². The Hall–Kier alpha value is -2.03. The molecule has 88 valence electrons. The molecule has 0 bridgehead atoms. The van der Waals surface area contributed by atoms with Gasteiger partial charge in [0, 0.05) is 16.8 Å². The third kappa shape index (κ3) is 2.09. The summed E-state index contributed by atoms with van der Waals surface area (Å²) in [6, 6.07) is 10.6. The molecule has 17 heavy (non-hydrogen) atoms. The Bertz CT molecular complexity index is 552. The summed E-state index contributed by atoms with van der Waals surface area (Å²) in [6.45, 7) is 1.95. The predicted octanol–water partition coefficient (Wildman–Crippen LogP) is 3.39. The zero-order valence-corrected chi connectivity index (χ0v) is 9.83. The number of anilines is 1. The highest BCUT2D eigenvalue weighted by atomic mass is 19.1. The van der Waals surface area contributed by atoms with E-state index in [-0.39, 0.29) is 11.6 Å². The fraction of sp³-hybridized carbons (Fsp3) is 0.143. The monoisotopic (exact) mass is 231 g/mol. The first kappa shape index (κ1) is 11.5. The summed E-state index contributed by atoms with van der Waals surface area (Å²) in [5, 5.41) is 0. The van der Waals surface area contributed by atoms with Gasteiger partial charge in [-0.25, -0.2) is 4.39 Å². The first-order valence-corrected chi connectivity index (χ1v) is 5.32. The van der Waals surface area contributed by atoms with Gasteiger partial charge in [0.1, 0.15) is 0 Å². The molecule has 0 amide bonds. The minimum atomic E-state index is -0.382. The van der Waals surface area contributed by atoms with E-state index in [9.17, 15) is 4.39 Å². The van der Waals surface area contributed by atoms with Gasteiger partial charge in [0.05, 0.1) is 7.11 Å². The van der Waals surface area contributed by atoms with Gasteiger partial charge in [0.15, 0.2) is 11.6 Å². The standard InChI is InChI=1S/C14H14FNO/c1-9-6-7-12(16)11(8-9)10-4-3-5-13(17-2)14(10)15/h3-8H,16H2,1-2H3. The zero-order valence-electron chi connectivity index (χ0n) is 9.83. The quantitative estimate of drug-likeness (QED) is 0.804. The van der Waals surface area contributed by atoms with E-state index in [1.807, 2.05) is 19.1 Å². The first-order valence-electron chi connectivity index (χ1n) is 5.32. The highest BCUT2D eigenvalue weighted by Gasteiger charge is 2.12. The number of nitrogens with two attached hydrogens (primary N) is 1. The molecular weight excluding hydrogens is 217 g/mol. The summed E-state index contributed by atoms with van der Waals surface area (Å²) < 4.78 is 19.1. The number of rotatable bonds is 2. The van der Waals surface area contributed by atoms with Crippen molar-refractivity contribution in [2.75, 3.05) is 12.8 Å². The van der Waals surface area contributed by atoms with Crippen molar-refractivity contribution in [1.29, 1.82) is 0 Å². The predicted molar refractivity (Wildman–Crippen MR) is 67.5 cm³/mol. The Morgan fingerprint density at radius 2 is 1.88 bits per heavy atom. The van der Waals surface area contributed by atoms with Gasteiger partial charge in [-0.2, -0.15) is 0 Å². The second kappa shape index (κ2) is 4.45. The van der Waals surface area contributed by atoms with Gasteiger partial charge >= 0.3 is 0 Å². The molecule has 0 aromatic heterocycles. The Labute approximate surface area is 99.8 Å². The van der Waals surface area contributed by atoms with Crippen LogP contribution in [0.1, 0.15) is 5.56 Å². The smallest absolute Gasteiger partial charge is 0.172 e. The van der Waals surface area contributed by atoms with Crippen LogP contribution in [-0.2, 0) is 0 Å².